The normalized spacial score (nSPS) is 13.4. The third kappa shape index (κ3) is 2.68. The Bertz CT molecular complexity index is 1580. The minimum absolute atomic E-state index is 0.836. The van der Waals surface area contributed by atoms with E-state index in [0.29, 0.717) is 0 Å². The molecule has 5 aromatic rings. The van der Waals surface area contributed by atoms with Crippen molar-refractivity contribution in [2.24, 2.45) is 7.05 Å². The van der Waals surface area contributed by atoms with Gasteiger partial charge in [-0.2, -0.15) is 0 Å². The lowest BCUT2D eigenvalue weighted by Crippen LogP contribution is -2.35. The summed E-state index contributed by atoms with van der Waals surface area (Å²) in [7, 11) is 2.06. The van der Waals surface area contributed by atoms with Crippen molar-refractivity contribution in [3.05, 3.63) is 101 Å². The number of pyridine rings is 1. The van der Waals surface area contributed by atoms with Crippen molar-refractivity contribution >= 4 is 44.7 Å². The number of aromatic nitrogens is 1. The van der Waals surface area contributed by atoms with Crippen LogP contribution in [0.3, 0.4) is 0 Å². The zero-order valence-corrected chi connectivity index (χ0v) is 17.6. The van der Waals surface area contributed by atoms with E-state index in [1.165, 1.54) is 21.5 Å². The molecule has 0 radical (unpaired) electrons. The second-order valence-electron chi connectivity index (χ2n) is 7.78. The topological polar surface area (TPSA) is 17.0 Å². The van der Waals surface area contributed by atoms with E-state index in [1.54, 1.807) is 0 Å². The molecule has 5 rings (SSSR count). The van der Waals surface area contributed by atoms with E-state index < -0.39 is 0 Å². The Balaban J connectivity index is 2.04. The van der Waals surface area contributed by atoms with Gasteiger partial charge in [0.15, 0.2) is 6.20 Å². The minimum Gasteiger partial charge on any atom is -0.455 e. The van der Waals surface area contributed by atoms with E-state index in [-0.39, 0.29) is 0 Å². The summed E-state index contributed by atoms with van der Waals surface area (Å²) in [6.07, 6.45) is 4.19. The lowest BCUT2D eigenvalue weighted by Gasteiger charge is -2.05. The number of allylic oxidation sites excluding steroid dienone is 2. The van der Waals surface area contributed by atoms with E-state index in [9.17, 15) is 0 Å². The van der Waals surface area contributed by atoms with E-state index in [2.05, 4.69) is 105 Å². The fourth-order valence-electron chi connectivity index (χ4n) is 4.37. The summed E-state index contributed by atoms with van der Waals surface area (Å²) in [6.45, 7) is 8.70. The Hall–Kier alpha value is -3.65. The van der Waals surface area contributed by atoms with E-state index in [4.69, 9.17) is 4.42 Å². The molecule has 2 aromatic heterocycles. The van der Waals surface area contributed by atoms with Crippen molar-refractivity contribution in [3.63, 3.8) is 0 Å². The van der Waals surface area contributed by atoms with Crippen LogP contribution in [0.2, 0.25) is 0 Å². The zero-order chi connectivity index (χ0) is 20.8. The highest BCUT2D eigenvalue weighted by Crippen LogP contribution is 2.30. The maximum Gasteiger partial charge on any atom is 0.216 e. The first-order valence-corrected chi connectivity index (χ1v) is 10.2. The molecule has 2 heteroatoms. The third-order valence-electron chi connectivity index (χ3n) is 6.03. The molecular weight excluding hydrogens is 366 g/mol. The molecule has 0 unspecified atom stereocenters. The molecule has 0 N–H and O–H groups in total. The summed E-state index contributed by atoms with van der Waals surface area (Å²) in [6, 6.07) is 23.3. The predicted octanol–water partition coefficient (Wildman–Crippen LogP) is 5.14. The Morgan fingerprint density at radius 2 is 1.63 bits per heavy atom. The van der Waals surface area contributed by atoms with Crippen molar-refractivity contribution in [2.75, 3.05) is 0 Å². The van der Waals surface area contributed by atoms with E-state index >= 15 is 0 Å². The molecule has 0 amide bonds. The maximum absolute atomic E-state index is 6.50. The molecule has 0 spiro atoms. The van der Waals surface area contributed by atoms with Crippen LogP contribution in [-0.4, -0.2) is 0 Å². The van der Waals surface area contributed by atoms with Gasteiger partial charge in [-0.1, -0.05) is 55.1 Å². The summed E-state index contributed by atoms with van der Waals surface area (Å²) >= 11 is 0. The highest BCUT2D eigenvalue weighted by molar-refractivity contribution is 6.19. The third-order valence-corrected chi connectivity index (χ3v) is 6.03. The number of benzene rings is 3. The van der Waals surface area contributed by atoms with Crippen molar-refractivity contribution in [1.82, 2.24) is 0 Å². The van der Waals surface area contributed by atoms with Crippen LogP contribution in [0.25, 0.3) is 44.7 Å². The molecule has 0 saturated carbocycles. The molecule has 0 aliphatic rings. The number of aryl methyl sites for hydroxylation is 1. The lowest BCUT2D eigenvalue weighted by atomic mass is 9.97. The first-order chi connectivity index (χ1) is 14.6. The van der Waals surface area contributed by atoms with Crippen LogP contribution >= 0.6 is 0 Å². The Kier molecular flexibility index (Phi) is 4.29. The predicted molar refractivity (Wildman–Crippen MR) is 126 cm³/mol. The SMILES string of the molecule is C=c1/c(=C(\C(C)=C/C)c2cccc[n+]2C)oc2ccc3ccc4ccccc4c3c12. The van der Waals surface area contributed by atoms with Crippen molar-refractivity contribution < 1.29 is 8.98 Å². The van der Waals surface area contributed by atoms with Gasteiger partial charge in [-0.25, -0.2) is 4.57 Å². The largest absolute Gasteiger partial charge is 0.455 e. The molecule has 0 aliphatic carbocycles. The van der Waals surface area contributed by atoms with Crippen LogP contribution in [-0.2, 0) is 7.05 Å². The first-order valence-electron chi connectivity index (χ1n) is 10.2. The Labute approximate surface area is 175 Å². The summed E-state index contributed by atoms with van der Waals surface area (Å²) in [4.78, 5) is 0. The lowest BCUT2D eigenvalue weighted by molar-refractivity contribution is -0.673. The van der Waals surface area contributed by atoms with Crippen LogP contribution in [0.15, 0.2) is 89.0 Å². The fraction of sp³-hybridized carbons (Fsp3) is 0.107. The van der Waals surface area contributed by atoms with Crippen molar-refractivity contribution in [2.45, 2.75) is 13.8 Å². The first kappa shape index (κ1) is 18.4. The molecule has 2 heterocycles. The molecule has 0 bridgehead atoms. The molecule has 30 heavy (non-hydrogen) atoms. The van der Waals surface area contributed by atoms with E-state index in [1.807, 2.05) is 6.07 Å². The molecule has 146 valence electrons. The van der Waals surface area contributed by atoms with Gasteiger partial charge in [-0.05, 0) is 47.7 Å². The fourth-order valence-corrected chi connectivity index (χ4v) is 4.37. The molecule has 0 aliphatic heterocycles. The highest BCUT2D eigenvalue weighted by Gasteiger charge is 2.19. The van der Waals surface area contributed by atoms with Gasteiger partial charge in [-0.15, -0.1) is 0 Å². The summed E-state index contributed by atoms with van der Waals surface area (Å²) in [5.74, 6) is 0. The van der Waals surface area contributed by atoms with E-state index in [0.717, 1.165) is 38.4 Å². The molecule has 0 fully saturated rings. The molecule has 2 nitrogen and oxygen atoms in total. The molecule has 0 atom stereocenters. The molecule has 0 saturated heterocycles. The van der Waals surface area contributed by atoms with Gasteiger partial charge in [-0.3, -0.25) is 0 Å². The number of hydrogen-bond acceptors (Lipinski definition) is 1. The quantitative estimate of drug-likeness (QED) is 0.301. The second-order valence-corrected chi connectivity index (χ2v) is 7.78. The van der Waals surface area contributed by atoms with Crippen LogP contribution in [0, 0.1) is 0 Å². The number of fused-ring (bicyclic) bond motifs is 5. The van der Waals surface area contributed by atoms with Gasteiger partial charge in [0.05, 0.1) is 5.57 Å². The average molecular weight is 391 g/mol. The van der Waals surface area contributed by atoms with Gasteiger partial charge in [0.1, 0.15) is 18.0 Å². The van der Waals surface area contributed by atoms with Gasteiger partial charge >= 0.3 is 0 Å². The van der Waals surface area contributed by atoms with Gasteiger partial charge in [0.2, 0.25) is 5.69 Å². The van der Waals surface area contributed by atoms with Crippen LogP contribution in [0.4, 0.5) is 0 Å². The van der Waals surface area contributed by atoms with Crippen LogP contribution in [0.1, 0.15) is 19.5 Å². The summed E-state index contributed by atoms with van der Waals surface area (Å²) in [5.41, 5.74) is 5.05. The summed E-state index contributed by atoms with van der Waals surface area (Å²) < 4.78 is 8.62. The Morgan fingerprint density at radius 3 is 2.43 bits per heavy atom. The number of hydrogen-bond donors (Lipinski definition) is 0. The van der Waals surface area contributed by atoms with Crippen molar-refractivity contribution in [3.8, 4) is 0 Å². The average Bonchev–Trinajstić information content (AvgIpc) is 3.11. The van der Waals surface area contributed by atoms with Gasteiger partial charge < -0.3 is 4.42 Å². The van der Waals surface area contributed by atoms with Crippen molar-refractivity contribution in [1.29, 1.82) is 0 Å². The highest BCUT2D eigenvalue weighted by atomic mass is 16.3. The standard InChI is InChI=1S/C28H24NO/c1-5-18(2)25(23-12-8-9-17-29(23)4)28-19(3)26-24(30-28)16-15-21-14-13-20-10-6-7-11-22(20)27(21)26/h5-17H,3H2,1-2,4H3/q+1/b18-5-,28-25-. The zero-order valence-electron chi connectivity index (χ0n) is 17.6. The minimum atomic E-state index is 0.836. The number of nitrogens with zero attached hydrogens (tertiary/aromatic N) is 1. The summed E-state index contributed by atoms with van der Waals surface area (Å²) in [5, 5.41) is 6.90. The van der Waals surface area contributed by atoms with Crippen LogP contribution in [0.5, 0.6) is 0 Å². The molecular formula is C28H24NO+. The number of furan rings is 1. The smallest absolute Gasteiger partial charge is 0.216 e. The van der Waals surface area contributed by atoms with Gasteiger partial charge in [0.25, 0.3) is 0 Å². The van der Waals surface area contributed by atoms with Crippen LogP contribution < -0.4 is 15.2 Å². The van der Waals surface area contributed by atoms with Gasteiger partial charge in [0, 0.05) is 28.1 Å². The molecule has 3 aromatic carbocycles. The second kappa shape index (κ2) is 7.00. The maximum atomic E-state index is 6.50. The Morgan fingerprint density at radius 1 is 0.900 bits per heavy atom. The monoisotopic (exact) mass is 390 g/mol. The number of rotatable bonds is 2.